The van der Waals surface area contributed by atoms with Gasteiger partial charge in [0.25, 0.3) is 0 Å². The second-order valence-corrected chi connectivity index (χ2v) is 7.06. The van der Waals surface area contributed by atoms with Gasteiger partial charge < -0.3 is 9.72 Å². The third-order valence-corrected chi connectivity index (χ3v) is 4.57. The van der Waals surface area contributed by atoms with Crippen LogP contribution in [0.2, 0.25) is 0 Å². The molecule has 1 N–H and O–H groups in total. The van der Waals surface area contributed by atoms with Crippen molar-refractivity contribution >= 4 is 10.9 Å². The van der Waals surface area contributed by atoms with Gasteiger partial charge in [-0.3, -0.25) is 0 Å². The first-order valence-electron chi connectivity index (χ1n) is 8.89. The minimum Gasteiger partial charge on any atom is -0.456 e. The SMILES string of the molecule is CC(C)c1c[nH]c2ccc(Oc3c(C(F)(F)F)cc(CC#N)cc3C(F)(F)F)cc12. The van der Waals surface area contributed by atoms with Gasteiger partial charge in [-0.1, -0.05) is 13.8 Å². The number of rotatable bonds is 4. The quantitative estimate of drug-likeness (QED) is 0.449. The Bertz CT molecular complexity index is 1080. The van der Waals surface area contributed by atoms with Gasteiger partial charge in [-0.2, -0.15) is 31.6 Å². The van der Waals surface area contributed by atoms with E-state index in [4.69, 9.17) is 10.00 Å². The second-order valence-electron chi connectivity index (χ2n) is 7.06. The van der Waals surface area contributed by atoms with E-state index in [-0.39, 0.29) is 11.7 Å². The van der Waals surface area contributed by atoms with Crippen molar-refractivity contribution in [2.24, 2.45) is 0 Å². The van der Waals surface area contributed by atoms with Gasteiger partial charge in [-0.15, -0.1) is 0 Å². The Balaban J connectivity index is 2.20. The number of nitrogens with one attached hydrogen (secondary N) is 1. The largest absolute Gasteiger partial charge is 0.456 e. The van der Waals surface area contributed by atoms with Crippen molar-refractivity contribution in [3.05, 3.63) is 58.8 Å². The zero-order chi connectivity index (χ0) is 22.3. The minimum absolute atomic E-state index is 0.0794. The first kappa shape index (κ1) is 21.6. The number of halogens is 6. The summed E-state index contributed by atoms with van der Waals surface area (Å²) in [5.74, 6) is -1.42. The van der Waals surface area contributed by atoms with Crippen molar-refractivity contribution in [3.8, 4) is 17.6 Å². The van der Waals surface area contributed by atoms with Gasteiger partial charge in [0.1, 0.15) is 5.75 Å². The van der Waals surface area contributed by atoms with Crippen molar-refractivity contribution in [2.45, 2.75) is 38.5 Å². The first-order valence-corrected chi connectivity index (χ1v) is 8.89. The molecule has 9 heteroatoms. The highest BCUT2D eigenvalue weighted by atomic mass is 19.4. The van der Waals surface area contributed by atoms with Gasteiger partial charge in [-0.05, 0) is 47.4 Å². The van der Waals surface area contributed by atoms with Crippen molar-refractivity contribution < 1.29 is 31.1 Å². The van der Waals surface area contributed by atoms with E-state index in [1.165, 1.54) is 18.2 Å². The third kappa shape index (κ3) is 4.22. The summed E-state index contributed by atoms with van der Waals surface area (Å²) in [6.45, 7) is 3.82. The molecular formula is C21H16F6N2O. The lowest BCUT2D eigenvalue weighted by Gasteiger charge is -2.20. The van der Waals surface area contributed by atoms with Crippen LogP contribution >= 0.6 is 0 Å². The lowest BCUT2D eigenvalue weighted by atomic mass is 10.0. The van der Waals surface area contributed by atoms with Crippen LogP contribution in [0.1, 0.15) is 42.0 Å². The highest BCUT2D eigenvalue weighted by molar-refractivity contribution is 5.85. The predicted octanol–water partition coefficient (Wildman–Crippen LogP) is 7.19. The van der Waals surface area contributed by atoms with Crippen LogP contribution in [0, 0.1) is 11.3 Å². The molecule has 2 aromatic carbocycles. The summed E-state index contributed by atoms with van der Waals surface area (Å²) in [4.78, 5) is 3.01. The summed E-state index contributed by atoms with van der Waals surface area (Å²) in [7, 11) is 0. The zero-order valence-electron chi connectivity index (χ0n) is 15.9. The molecule has 0 atom stereocenters. The highest BCUT2D eigenvalue weighted by Gasteiger charge is 2.43. The van der Waals surface area contributed by atoms with Crippen LogP contribution in [0.3, 0.4) is 0 Å². The van der Waals surface area contributed by atoms with E-state index >= 15 is 0 Å². The molecule has 3 nitrogen and oxygen atoms in total. The Morgan fingerprint density at radius 2 is 1.60 bits per heavy atom. The molecular weight excluding hydrogens is 410 g/mol. The topological polar surface area (TPSA) is 48.8 Å². The number of alkyl halides is 6. The molecule has 0 fully saturated rings. The van der Waals surface area contributed by atoms with Crippen LogP contribution in [0.4, 0.5) is 26.3 Å². The summed E-state index contributed by atoms with van der Waals surface area (Å²) in [6.07, 6.45) is -9.08. The number of fused-ring (bicyclic) bond motifs is 1. The van der Waals surface area contributed by atoms with E-state index in [0.29, 0.717) is 23.0 Å². The van der Waals surface area contributed by atoms with Crippen molar-refractivity contribution in [3.63, 3.8) is 0 Å². The highest BCUT2D eigenvalue weighted by Crippen LogP contribution is 2.47. The molecule has 30 heavy (non-hydrogen) atoms. The summed E-state index contributed by atoms with van der Waals surface area (Å²) >= 11 is 0. The van der Waals surface area contributed by atoms with Crippen molar-refractivity contribution in [1.82, 2.24) is 4.98 Å². The molecule has 0 saturated carbocycles. The number of nitriles is 1. The zero-order valence-corrected chi connectivity index (χ0v) is 15.9. The molecule has 3 aromatic rings. The Labute approximate surface area is 167 Å². The van der Waals surface area contributed by atoms with E-state index in [2.05, 4.69) is 4.98 Å². The molecule has 0 aliphatic rings. The molecule has 0 spiro atoms. The van der Waals surface area contributed by atoms with E-state index in [0.717, 1.165) is 5.56 Å². The average molecular weight is 426 g/mol. The molecule has 0 radical (unpaired) electrons. The fraction of sp³-hybridized carbons (Fsp3) is 0.286. The molecule has 158 valence electrons. The van der Waals surface area contributed by atoms with Gasteiger partial charge in [0.05, 0.1) is 23.6 Å². The van der Waals surface area contributed by atoms with Crippen LogP contribution in [0.5, 0.6) is 11.5 Å². The number of nitrogens with zero attached hydrogens (tertiary/aromatic N) is 1. The smallest absolute Gasteiger partial charge is 0.420 e. The maximum absolute atomic E-state index is 13.6. The third-order valence-electron chi connectivity index (χ3n) is 4.57. The Hall–Kier alpha value is -3.15. The van der Waals surface area contributed by atoms with Crippen LogP contribution < -0.4 is 4.74 Å². The fourth-order valence-corrected chi connectivity index (χ4v) is 3.19. The monoisotopic (exact) mass is 426 g/mol. The molecule has 0 amide bonds. The number of hydrogen-bond acceptors (Lipinski definition) is 2. The number of aromatic amines is 1. The molecule has 0 aliphatic heterocycles. The van der Waals surface area contributed by atoms with E-state index in [1.807, 2.05) is 13.8 Å². The number of H-pyrrole nitrogens is 1. The average Bonchev–Trinajstić information content (AvgIpc) is 3.04. The Kier molecular flexibility index (Phi) is 5.46. The van der Waals surface area contributed by atoms with Crippen LogP contribution in [0.25, 0.3) is 10.9 Å². The molecule has 0 bridgehead atoms. The molecule has 0 saturated heterocycles. The van der Waals surface area contributed by atoms with Crippen LogP contribution in [0.15, 0.2) is 36.5 Å². The van der Waals surface area contributed by atoms with Gasteiger partial charge in [0, 0.05) is 17.1 Å². The predicted molar refractivity (Wildman–Crippen MR) is 98.2 cm³/mol. The first-order chi connectivity index (χ1) is 13.9. The van der Waals surface area contributed by atoms with Crippen LogP contribution in [-0.4, -0.2) is 4.98 Å². The van der Waals surface area contributed by atoms with Crippen molar-refractivity contribution in [1.29, 1.82) is 5.26 Å². The number of ether oxygens (including phenoxy) is 1. The molecule has 0 aliphatic carbocycles. The number of hydrogen-bond donors (Lipinski definition) is 1. The lowest BCUT2D eigenvalue weighted by molar-refractivity contribution is -0.145. The van der Waals surface area contributed by atoms with Gasteiger partial charge >= 0.3 is 12.4 Å². The molecule has 0 unspecified atom stereocenters. The maximum atomic E-state index is 13.6. The minimum atomic E-state index is -5.11. The van der Waals surface area contributed by atoms with E-state index in [9.17, 15) is 26.3 Å². The number of benzene rings is 2. The lowest BCUT2D eigenvalue weighted by Crippen LogP contribution is -2.15. The van der Waals surface area contributed by atoms with Crippen LogP contribution in [-0.2, 0) is 18.8 Å². The van der Waals surface area contributed by atoms with E-state index < -0.39 is 41.2 Å². The summed E-state index contributed by atoms with van der Waals surface area (Å²) in [6, 6.07) is 6.83. The number of aromatic nitrogens is 1. The Morgan fingerprint density at radius 1 is 1.00 bits per heavy atom. The molecule has 1 aromatic heterocycles. The summed E-state index contributed by atoms with van der Waals surface area (Å²) in [5.41, 5.74) is -2.02. The second kappa shape index (κ2) is 7.59. The summed E-state index contributed by atoms with van der Waals surface area (Å²) in [5, 5.41) is 9.36. The molecule has 1 heterocycles. The normalized spacial score (nSPS) is 12.4. The van der Waals surface area contributed by atoms with E-state index in [1.54, 1.807) is 12.3 Å². The summed E-state index contributed by atoms with van der Waals surface area (Å²) < 4.78 is 86.7. The Morgan fingerprint density at radius 3 is 2.10 bits per heavy atom. The maximum Gasteiger partial charge on any atom is 0.420 e. The standard InChI is InChI=1S/C21H16F6N2O/c1-11(2)15-10-29-18-4-3-13(9-14(15)18)30-19-16(20(22,23)24)7-12(5-6-28)8-17(19)21(25,26)27/h3-4,7-11,29H,5H2,1-2H3. The molecule has 3 rings (SSSR count). The fourth-order valence-electron chi connectivity index (χ4n) is 3.19. The van der Waals surface area contributed by atoms with Gasteiger partial charge in [0.15, 0.2) is 5.75 Å². The van der Waals surface area contributed by atoms with Gasteiger partial charge in [-0.25, -0.2) is 0 Å². The van der Waals surface area contributed by atoms with Crippen molar-refractivity contribution in [2.75, 3.05) is 0 Å². The van der Waals surface area contributed by atoms with Gasteiger partial charge in [0.2, 0.25) is 0 Å².